The lowest BCUT2D eigenvalue weighted by atomic mass is 10.1. The summed E-state index contributed by atoms with van der Waals surface area (Å²) in [6, 6.07) is 2.06. The van der Waals surface area contributed by atoms with Gasteiger partial charge in [0.2, 0.25) is 0 Å². The molecule has 0 radical (unpaired) electrons. The SMILES string of the molecule is COCCCn1ccc(CNC(C)(C)C)n1. The van der Waals surface area contributed by atoms with E-state index in [-0.39, 0.29) is 5.54 Å². The highest BCUT2D eigenvalue weighted by molar-refractivity contribution is 4.99. The van der Waals surface area contributed by atoms with Crippen molar-refractivity contribution in [3.8, 4) is 0 Å². The Hall–Kier alpha value is -0.870. The molecule has 0 saturated heterocycles. The highest BCUT2D eigenvalue weighted by Crippen LogP contribution is 2.02. The summed E-state index contributed by atoms with van der Waals surface area (Å²) in [7, 11) is 1.72. The van der Waals surface area contributed by atoms with Crippen LogP contribution in [0.5, 0.6) is 0 Å². The van der Waals surface area contributed by atoms with Crippen LogP contribution in [0.2, 0.25) is 0 Å². The lowest BCUT2D eigenvalue weighted by Gasteiger charge is -2.19. The molecule has 16 heavy (non-hydrogen) atoms. The van der Waals surface area contributed by atoms with E-state index in [4.69, 9.17) is 4.74 Å². The topological polar surface area (TPSA) is 39.1 Å². The monoisotopic (exact) mass is 225 g/mol. The number of hydrogen-bond acceptors (Lipinski definition) is 3. The van der Waals surface area contributed by atoms with Gasteiger partial charge in [0, 0.05) is 38.5 Å². The molecule has 92 valence electrons. The van der Waals surface area contributed by atoms with Gasteiger partial charge in [-0.05, 0) is 33.3 Å². The van der Waals surface area contributed by atoms with Gasteiger partial charge < -0.3 is 10.1 Å². The molecule has 0 bridgehead atoms. The number of methoxy groups -OCH3 is 1. The van der Waals surface area contributed by atoms with Gasteiger partial charge in [-0.1, -0.05) is 0 Å². The van der Waals surface area contributed by atoms with Gasteiger partial charge in [-0.3, -0.25) is 4.68 Å². The van der Waals surface area contributed by atoms with Crippen LogP contribution in [-0.4, -0.2) is 29.0 Å². The van der Waals surface area contributed by atoms with Crippen molar-refractivity contribution in [2.45, 2.75) is 45.8 Å². The van der Waals surface area contributed by atoms with Crippen molar-refractivity contribution < 1.29 is 4.74 Å². The van der Waals surface area contributed by atoms with E-state index < -0.39 is 0 Å². The van der Waals surface area contributed by atoms with E-state index in [9.17, 15) is 0 Å². The second-order valence-corrected chi connectivity index (χ2v) is 5.02. The first kappa shape index (κ1) is 13.2. The van der Waals surface area contributed by atoms with Crippen LogP contribution >= 0.6 is 0 Å². The molecular weight excluding hydrogens is 202 g/mol. The lowest BCUT2D eigenvalue weighted by molar-refractivity contribution is 0.189. The summed E-state index contributed by atoms with van der Waals surface area (Å²) >= 11 is 0. The normalized spacial score (nSPS) is 12.0. The number of rotatable bonds is 6. The van der Waals surface area contributed by atoms with E-state index in [1.165, 1.54) is 0 Å². The molecule has 0 unspecified atom stereocenters. The minimum Gasteiger partial charge on any atom is -0.385 e. The first-order chi connectivity index (χ1) is 7.51. The van der Waals surface area contributed by atoms with E-state index in [1.807, 2.05) is 10.9 Å². The van der Waals surface area contributed by atoms with Gasteiger partial charge in [0.25, 0.3) is 0 Å². The Morgan fingerprint density at radius 2 is 2.19 bits per heavy atom. The summed E-state index contributed by atoms with van der Waals surface area (Å²) in [5, 5.41) is 7.90. The van der Waals surface area contributed by atoms with Gasteiger partial charge >= 0.3 is 0 Å². The predicted molar refractivity (Wildman–Crippen MR) is 65.3 cm³/mol. The third kappa shape index (κ3) is 5.28. The molecule has 0 amide bonds. The van der Waals surface area contributed by atoms with E-state index >= 15 is 0 Å². The zero-order valence-corrected chi connectivity index (χ0v) is 10.8. The Kier molecular flexibility index (Phi) is 4.96. The molecule has 0 spiro atoms. The third-order valence-corrected chi connectivity index (χ3v) is 2.23. The lowest BCUT2D eigenvalue weighted by Crippen LogP contribution is -2.35. The van der Waals surface area contributed by atoms with Crippen LogP contribution in [0.4, 0.5) is 0 Å². The predicted octanol–water partition coefficient (Wildman–Crippen LogP) is 1.81. The molecular formula is C12H23N3O. The Balaban J connectivity index is 2.33. The van der Waals surface area contributed by atoms with Crippen molar-refractivity contribution >= 4 is 0 Å². The quantitative estimate of drug-likeness (QED) is 0.750. The second-order valence-electron chi connectivity index (χ2n) is 5.02. The zero-order chi connectivity index (χ0) is 12.0. The number of aromatic nitrogens is 2. The largest absolute Gasteiger partial charge is 0.385 e. The van der Waals surface area contributed by atoms with E-state index in [0.717, 1.165) is 31.8 Å². The summed E-state index contributed by atoms with van der Waals surface area (Å²) in [6.45, 7) is 8.99. The number of ether oxygens (including phenoxy) is 1. The molecule has 4 heteroatoms. The second kappa shape index (κ2) is 6.01. The zero-order valence-electron chi connectivity index (χ0n) is 10.8. The number of nitrogens with one attached hydrogen (secondary N) is 1. The van der Waals surface area contributed by atoms with Crippen molar-refractivity contribution in [1.82, 2.24) is 15.1 Å². The van der Waals surface area contributed by atoms with Crippen LogP contribution in [0.15, 0.2) is 12.3 Å². The average molecular weight is 225 g/mol. The van der Waals surface area contributed by atoms with Crippen LogP contribution in [0, 0.1) is 0 Å². The van der Waals surface area contributed by atoms with Crippen LogP contribution < -0.4 is 5.32 Å². The summed E-state index contributed by atoms with van der Waals surface area (Å²) < 4.78 is 6.98. The van der Waals surface area contributed by atoms with Crippen molar-refractivity contribution in [2.24, 2.45) is 0 Å². The molecule has 1 N–H and O–H groups in total. The molecule has 1 rings (SSSR count). The molecule has 0 aliphatic rings. The summed E-state index contributed by atoms with van der Waals surface area (Å²) in [5.41, 5.74) is 1.23. The number of hydrogen-bond donors (Lipinski definition) is 1. The van der Waals surface area contributed by atoms with Crippen LogP contribution in [0.3, 0.4) is 0 Å². The first-order valence-corrected chi connectivity index (χ1v) is 5.77. The molecule has 0 fully saturated rings. The molecule has 1 heterocycles. The maximum absolute atomic E-state index is 5.01. The fourth-order valence-corrected chi connectivity index (χ4v) is 1.35. The molecule has 0 atom stereocenters. The average Bonchev–Trinajstić information content (AvgIpc) is 2.62. The minimum atomic E-state index is 0.139. The van der Waals surface area contributed by atoms with E-state index in [2.05, 4.69) is 37.3 Å². The Morgan fingerprint density at radius 1 is 1.44 bits per heavy atom. The van der Waals surface area contributed by atoms with Crippen LogP contribution in [0.1, 0.15) is 32.9 Å². The smallest absolute Gasteiger partial charge is 0.0762 e. The highest BCUT2D eigenvalue weighted by atomic mass is 16.5. The summed E-state index contributed by atoms with van der Waals surface area (Å²) in [5.74, 6) is 0. The van der Waals surface area contributed by atoms with Gasteiger partial charge in [0.05, 0.1) is 5.69 Å². The molecule has 1 aromatic rings. The molecule has 0 aliphatic carbocycles. The number of aryl methyl sites for hydroxylation is 1. The van der Waals surface area contributed by atoms with Crippen molar-refractivity contribution in [3.63, 3.8) is 0 Å². The van der Waals surface area contributed by atoms with E-state index in [0.29, 0.717) is 0 Å². The van der Waals surface area contributed by atoms with Crippen molar-refractivity contribution in [1.29, 1.82) is 0 Å². The van der Waals surface area contributed by atoms with Gasteiger partial charge in [0.15, 0.2) is 0 Å². The Labute approximate surface area is 98.0 Å². The maximum atomic E-state index is 5.01. The molecule has 0 saturated carbocycles. The van der Waals surface area contributed by atoms with Crippen LogP contribution in [0.25, 0.3) is 0 Å². The Bertz CT molecular complexity index is 301. The highest BCUT2D eigenvalue weighted by Gasteiger charge is 2.09. The molecule has 1 aromatic heterocycles. The standard InChI is InChI=1S/C12H23N3O/c1-12(2,3)13-10-11-6-8-15(14-11)7-5-9-16-4/h6,8,13H,5,7,9-10H2,1-4H3. The van der Waals surface area contributed by atoms with Gasteiger partial charge in [-0.15, -0.1) is 0 Å². The fourth-order valence-electron chi connectivity index (χ4n) is 1.35. The minimum absolute atomic E-state index is 0.139. The van der Waals surface area contributed by atoms with Crippen LogP contribution in [-0.2, 0) is 17.8 Å². The maximum Gasteiger partial charge on any atom is 0.0762 e. The molecule has 0 aliphatic heterocycles. The van der Waals surface area contributed by atoms with Crippen molar-refractivity contribution in [3.05, 3.63) is 18.0 Å². The Morgan fingerprint density at radius 3 is 2.81 bits per heavy atom. The summed E-state index contributed by atoms with van der Waals surface area (Å²) in [6.07, 6.45) is 3.03. The molecule has 0 aromatic carbocycles. The van der Waals surface area contributed by atoms with E-state index in [1.54, 1.807) is 7.11 Å². The van der Waals surface area contributed by atoms with Crippen molar-refractivity contribution in [2.75, 3.05) is 13.7 Å². The fraction of sp³-hybridized carbons (Fsp3) is 0.750. The van der Waals surface area contributed by atoms with Gasteiger partial charge in [0.1, 0.15) is 0 Å². The molecule has 4 nitrogen and oxygen atoms in total. The third-order valence-electron chi connectivity index (χ3n) is 2.23. The number of nitrogens with zero attached hydrogens (tertiary/aromatic N) is 2. The first-order valence-electron chi connectivity index (χ1n) is 5.77. The summed E-state index contributed by atoms with van der Waals surface area (Å²) in [4.78, 5) is 0. The van der Waals surface area contributed by atoms with Gasteiger partial charge in [-0.2, -0.15) is 5.10 Å². The van der Waals surface area contributed by atoms with Gasteiger partial charge in [-0.25, -0.2) is 0 Å².